The van der Waals surface area contributed by atoms with Gasteiger partial charge >= 0.3 is 6.36 Å². The number of rotatable bonds is 4. The molecule has 18 heavy (non-hydrogen) atoms. The SMILES string of the molecule is CC1(C(NN)c2cccc(OC(F)(F)F)c2)CC1. The van der Waals surface area contributed by atoms with E-state index in [9.17, 15) is 13.2 Å². The van der Waals surface area contributed by atoms with Crippen molar-refractivity contribution in [1.82, 2.24) is 5.43 Å². The number of hydrazine groups is 1. The van der Waals surface area contributed by atoms with Gasteiger partial charge in [0.2, 0.25) is 0 Å². The maximum Gasteiger partial charge on any atom is 0.573 e. The van der Waals surface area contributed by atoms with Crippen LogP contribution in [0.15, 0.2) is 24.3 Å². The first-order valence-electron chi connectivity index (χ1n) is 5.66. The Balaban J connectivity index is 2.21. The van der Waals surface area contributed by atoms with Crippen LogP contribution in [0.1, 0.15) is 31.4 Å². The van der Waals surface area contributed by atoms with Gasteiger partial charge in [-0.3, -0.25) is 11.3 Å². The third-order valence-corrected chi connectivity index (χ3v) is 3.33. The largest absolute Gasteiger partial charge is 0.573 e. The molecule has 3 N–H and O–H groups in total. The van der Waals surface area contributed by atoms with Crippen LogP contribution < -0.4 is 16.0 Å². The van der Waals surface area contributed by atoms with E-state index in [4.69, 9.17) is 5.84 Å². The Morgan fingerprint density at radius 1 is 1.39 bits per heavy atom. The quantitative estimate of drug-likeness (QED) is 0.646. The molecule has 1 saturated carbocycles. The van der Waals surface area contributed by atoms with Crippen LogP contribution >= 0.6 is 0 Å². The van der Waals surface area contributed by atoms with Crippen LogP contribution in [0.25, 0.3) is 0 Å². The zero-order chi connectivity index (χ0) is 13.4. The molecule has 0 aromatic heterocycles. The van der Waals surface area contributed by atoms with Crippen molar-refractivity contribution in [1.29, 1.82) is 0 Å². The summed E-state index contributed by atoms with van der Waals surface area (Å²) in [6.07, 6.45) is -2.66. The highest BCUT2D eigenvalue weighted by atomic mass is 19.4. The van der Waals surface area contributed by atoms with Crippen molar-refractivity contribution in [2.45, 2.75) is 32.2 Å². The smallest absolute Gasteiger partial charge is 0.406 e. The fraction of sp³-hybridized carbons (Fsp3) is 0.500. The Morgan fingerprint density at radius 2 is 2.06 bits per heavy atom. The number of nitrogens with one attached hydrogen (secondary N) is 1. The summed E-state index contributed by atoms with van der Waals surface area (Å²) in [6, 6.07) is 5.78. The molecule has 0 radical (unpaired) electrons. The molecule has 6 heteroatoms. The highest BCUT2D eigenvalue weighted by Crippen LogP contribution is 2.54. The molecule has 0 saturated heterocycles. The van der Waals surface area contributed by atoms with Crippen molar-refractivity contribution in [3.63, 3.8) is 0 Å². The van der Waals surface area contributed by atoms with E-state index in [-0.39, 0.29) is 17.2 Å². The molecule has 1 aliphatic rings. The minimum atomic E-state index is -4.67. The van der Waals surface area contributed by atoms with E-state index in [1.54, 1.807) is 6.07 Å². The summed E-state index contributed by atoms with van der Waals surface area (Å²) in [5.41, 5.74) is 3.40. The molecule has 1 aromatic carbocycles. The van der Waals surface area contributed by atoms with Crippen molar-refractivity contribution in [2.75, 3.05) is 0 Å². The van der Waals surface area contributed by atoms with Crippen LogP contribution in [-0.4, -0.2) is 6.36 Å². The van der Waals surface area contributed by atoms with Crippen LogP contribution in [0.3, 0.4) is 0 Å². The van der Waals surface area contributed by atoms with Crippen LogP contribution in [0.2, 0.25) is 0 Å². The highest BCUT2D eigenvalue weighted by molar-refractivity contribution is 5.32. The number of alkyl halides is 3. The standard InChI is InChI=1S/C12H15F3N2O/c1-11(5-6-11)10(17-16)8-3-2-4-9(7-8)18-12(13,14)15/h2-4,7,10,17H,5-6,16H2,1H3. The van der Waals surface area contributed by atoms with Crippen molar-refractivity contribution >= 4 is 0 Å². The Kier molecular flexibility index (Phi) is 3.25. The first-order valence-corrected chi connectivity index (χ1v) is 5.66. The lowest BCUT2D eigenvalue weighted by Gasteiger charge is -2.23. The average Bonchev–Trinajstić information content (AvgIpc) is 2.96. The summed E-state index contributed by atoms with van der Waals surface area (Å²) in [6.45, 7) is 2.05. The van der Waals surface area contributed by atoms with Gasteiger partial charge in [-0.25, -0.2) is 0 Å². The summed E-state index contributed by atoms with van der Waals surface area (Å²) in [7, 11) is 0. The molecule has 2 rings (SSSR count). The summed E-state index contributed by atoms with van der Waals surface area (Å²) in [5, 5.41) is 0. The van der Waals surface area contributed by atoms with Gasteiger partial charge in [0.1, 0.15) is 5.75 Å². The van der Waals surface area contributed by atoms with Crippen LogP contribution in [0.4, 0.5) is 13.2 Å². The predicted octanol–water partition coefficient (Wildman–Crippen LogP) is 2.89. The van der Waals surface area contributed by atoms with E-state index < -0.39 is 6.36 Å². The molecule has 100 valence electrons. The van der Waals surface area contributed by atoms with E-state index >= 15 is 0 Å². The van der Waals surface area contributed by atoms with Crippen molar-refractivity contribution in [3.05, 3.63) is 29.8 Å². The molecule has 1 atom stereocenters. The second kappa shape index (κ2) is 4.44. The Labute approximate surface area is 103 Å². The van der Waals surface area contributed by atoms with Gasteiger partial charge in [0.05, 0.1) is 6.04 Å². The van der Waals surface area contributed by atoms with Gasteiger partial charge in [0.15, 0.2) is 0 Å². The van der Waals surface area contributed by atoms with Crippen LogP contribution in [0, 0.1) is 5.41 Å². The number of hydrogen-bond donors (Lipinski definition) is 2. The van der Waals surface area contributed by atoms with Gasteiger partial charge in [-0.05, 0) is 36.0 Å². The van der Waals surface area contributed by atoms with Gasteiger partial charge in [0, 0.05) is 0 Å². The fourth-order valence-electron chi connectivity index (χ4n) is 2.08. The van der Waals surface area contributed by atoms with E-state index in [1.807, 2.05) is 0 Å². The molecule has 0 bridgehead atoms. The molecule has 1 unspecified atom stereocenters. The first-order chi connectivity index (χ1) is 8.34. The monoisotopic (exact) mass is 260 g/mol. The lowest BCUT2D eigenvalue weighted by Crippen LogP contribution is -2.33. The summed E-state index contributed by atoms with van der Waals surface area (Å²) >= 11 is 0. The molecular weight excluding hydrogens is 245 g/mol. The lowest BCUT2D eigenvalue weighted by atomic mass is 9.92. The van der Waals surface area contributed by atoms with Gasteiger partial charge in [0.25, 0.3) is 0 Å². The molecule has 1 aliphatic carbocycles. The third-order valence-electron chi connectivity index (χ3n) is 3.33. The number of hydrogen-bond acceptors (Lipinski definition) is 3. The molecule has 0 amide bonds. The predicted molar refractivity (Wildman–Crippen MR) is 60.5 cm³/mol. The highest BCUT2D eigenvalue weighted by Gasteiger charge is 2.45. The fourth-order valence-corrected chi connectivity index (χ4v) is 2.08. The second-order valence-electron chi connectivity index (χ2n) is 4.87. The van der Waals surface area contributed by atoms with Gasteiger partial charge in [-0.2, -0.15) is 0 Å². The molecule has 0 aliphatic heterocycles. The minimum absolute atomic E-state index is 0.0195. The zero-order valence-electron chi connectivity index (χ0n) is 9.92. The van der Waals surface area contributed by atoms with Gasteiger partial charge in [-0.15, -0.1) is 13.2 Å². The van der Waals surface area contributed by atoms with Crippen molar-refractivity contribution in [2.24, 2.45) is 11.3 Å². The van der Waals surface area contributed by atoms with E-state index in [0.717, 1.165) is 12.8 Å². The lowest BCUT2D eigenvalue weighted by molar-refractivity contribution is -0.274. The molecule has 0 heterocycles. The number of ether oxygens (including phenoxy) is 1. The average molecular weight is 260 g/mol. The van der Waals surface area contributed by atoms with Gasteiger partial charge in [-0.1, -0.05) is 19.1 Å². The molecule has 1 fully saturated rings. The van der Waals surface area contributed by atoms with Crippen LogP contribution in [-0.2, 0) is 0 Å². The van der Waals surface area contributed by atoms with Crippen molar-refractivity contribution in [3.8, 4) is 5.75 Å². The third kappa shape index (κ3) is 2.94. The molecule has 0 spiro atoms. The second-order valence-corrected chi connectivity index (χ2v) is 4.87. The van der Waals surface area contributed by atoms with E-state index in [2.05, 4.69) is 17.1 Å². The Bertz CT molecular complexity index is 430. The normalized spacial score (nSPS) is 19.4. The maximum atomic E-state index is 12.1. The first kappa shape index (κ1) is 13.2. The van der Waals surface area contributed by atoms with Crippen molar-refractivity contribution < 1.29 is 17.9 Å². The topological polar surface area (TPSA) is 47.3 Å². The van der Waals surface area contributed by atoms with Gasteiger partial charge < -0.3 is 4.74 Å². The number of halogens is 3. The molecule has 3 nitrogen and oxygen atoms in total. The maximum absolute atomic E-state index is 12.1. The molecular formula is C12H15F3N2O. The zero-order valence-corrected chi connectivity index (χ0v) is 9.92. The van der Waals surface area contributed by atoms with Crippen LogP contribution in [0.5, 0.6) is 5.75 Å². The minimum Gasteiger partial charge on any atom is -0.406 e. The number of nitrogens with two attached hydrogens (primary N) is 1. The number of benzene rings is 1. The van der Waals surface area contributed by atoms with E-state index in [0.29, 0.717) is 5.56 Å². The Hall–Kier alpha value is -1.27. The van der Waals surface area contributed by atoms with E-state index in [1.165, 1.54) is 18.2 Å². The Morgan fingerprint density at radius 3 is 2.56 bits per heavy atom. The summed E-state index contributed by atoms with van der Waals surface area (Å²) in [5.74, 6) is 5.28. The molecule has 1 aromatic rings. The summed E-state index contributed by atoms with van der Waals surface area (Å²) < 4.78 is 40.3. The summed E-state index contributed by atoms with van der Waals surface area (Å²) in [4.78, 5) is 0.